The van der Waals surface area contributed by atoms with E-state index in [1.165, 1.54) is 6.07 Å². The molecule has 16 heavy (non-hydrogen) atoms. The van der Waals surface area contributed by atoms with E-state index in [9.17, 15) is 4.39 Å². The molecule has 6 heteroatoms. The Hall–Kier alpha value is -1.14. The topological polar surface area (TPSA) is 50.9 Å². The molecule has 1 heterocycles. The summed E-state index contributed by atoms with van der Waals surface area (Å²) in [5, 5.41) is 5.97. The molecule has 0 saturated carbocycles. The molecule has 84 valence electrons. The first-order valence-electron chi connectivity index (χ1n) is 4.53. The molecule has 0 bridgehead atoms. The third-order valence-electron chi connectivity index (χ3n) is 2.01. The number of halogens is 2. The van der Waals surface area contributed by atoms with E-state index in [1.807, 2.05) is 5.38 Å². The lowest BCUT2D eigenvalue weighted by molar-refractivity contribution is 0.622. The minimum atomic E-state index is -0.364. The van der Waals surface area contributed by atoms with E-state index in [0.717, 1.165) is 5.01 Å². The fourth-order valence-electron chi connectivity index (χ4n) is 1.23. The van der Waals surface area contributed by atoms with Crippen LogP contribution in [0.5, 0.6) is 0 Å². The molecule has 3 nitrogen and oxygen atoms in total. The Labute approximate surface area is 105 Å². The van der Waals surface area contributed by atoms with Gasteiger partial charge in [0, 0.05) is 17.6 Å². The van der Waals surface area contributed by atoms with Crippen LogP contribution in [-0.2, 0) is 6.54 Å². The Morgan fingerprint density at radius 1 is 1.50 bits per heavy atom. The monoisotopic (exact) mass is 301 g/mol. The van der Waals surface area contributed by atoms with Gasteiger partial charge in [-0.1, -0.05) is 0 Å². The fourth-order valence-corrected chi connectivity index (χ4v) is 2.13. The Morgan fingerprint density at radius 3 is 3.00 bits per heavy atom. The number of anilines is 2. The van der Waals surface area contributed by atoms with Crippen molar-refractivity contribution in [1.82, 2.24) is 4.98 Å². The van der Waals surface area contributed by atoms with Gasteiger partial charge in [-0.25, -0.2) is 9.37 Å². The second-order valence-corrected chi connectivity index (χ2v) is 4.97. The van der Waals surface area contributed by atoms with E-state index >= 15 is 0 Å². The van der Waals surface area contributed by atoms with E-state index in [4.69, 9.17) is 5.73 Å². The number of nitrogens with zero attached hydrogens (tertiary/aromatic N) is 1. The van der Waals surface area contributed by atoms with E-state index < -0.39 is 0 Å². The van der Waals surface area contributed by atoms with E-state index in [-0.39, 0.29) is 5.82 Å². The Balaban J connectivity index is 2.12. The second kappa shape index (κ2) is 4.80. The van der Waals surface area contributed by atoms with Crippen molar-refractivity contribution < 1.29 is 4.39 Å². The third-order valence-corrected chi connectivity index (χ3v) is 3.39. The zero-order chi connectivity index (χ0) is 11.5. The van der Waals surface area contributed by atoms with Crippen LogP contribution >= 0.6 is 27.3 Å². The first kappa shape index (κ1) is 11.3. The van der Waals surface area contributed by atoms with Gasteiger partial charge in [-0.2, -0.15) is 0 Å². The first-order chi connectivity index (χ1) is 7.66. The maximum Gasteiger partial charge on any atom is 0.139 e. The van der Waals surface area contributed by atoms with Crippen LogP contribution in [0.2, 0.25) is 0 Å². The van der Waals surface area contributed by atoms with E-state index in [0.29, 0.717) is 22.4 Å². The molecule has 0 unspecified atom stereocenters. The summed E-state index contributed by atoms with van der Waals surface area (Å²) in [5.74, 6) is -0.364. The summed E-state index contributed by atoms with van der Waals surface area (Å²) in [6, 6.07) is 2.91. The molecule has 0 aliphatic rings. The van der Waals surface area contributed by atoms with Gasteiger partial charge >= 0.3 is 0 Å². The van der Waals surface area contributed by atoms with Crippen LogP contribution < -0.4 is 11.1 Å². The highest BCUT2D eigenvalue weighted by atomic mass is 79.9. The minimum Gasteiger partial charge on any atom is -0.397 e. The van der Waals surface area contributed by atoms with Crippen molar-refractivity contribution in [3.05, 3.63) is 39.0 Å². The summed E-state index contributed by atoms with van der Waals surface area (Å²) in [4.78, 5) is 4.13. The number of thiazole rings is 1. The average Bonchev–Trinajstić information content (AvgIpc) is 2.74. The standard InChI is InChI=1S/C10H9BrFN3S/c11-6-3-9(8(13)4-7(6)12)15-5-10-14-1-2-16-10/h1-4,15H,5,13H2. The molecule has 0 saturated heterocycles. The van der Waals surface area contributed by atoms with E-state index in [1.54, 1.807) is 23.6 Å². The van der Waals surface area contributed by atoms with Crippen LogP contribution in [0.1, 0.15) is 5.01 Å². The normalized spacial score (nSPS) is 10.4. The molecule has 1 aromatic heterocycles. The van der Waals surface area contributed by atoms with Crippen molar-refractivity contribution >= 4 is 38.6 Å². The van der Waals surface area contributed by atoms with Crippen LogP contribution in [-0.4, -0.2) is 4.98 Å². The highest BCUT2D eigenvalue weighted by Gasteiger charge is 2.06. The van der Waals surface area contributed by atoms with Gasteiger partial charge in [0.1, 0.15) is 10.8 Å². The predicted octanol–water partition coefficient (Wildman–Crippen LogP) is 3.24. The Kier molecular flexibility index (Phi) is 3.40. The number of hydrogen-bond acceptors (Lipinski definition) is 4. The first-order valence-corrected chi connectivity index (χ1v) is 6.21. The number of nitrogens with one attached hydrogen (secondary N) is 1. The molecule has 1 aromatic carbocycles. The molecule has 0 amide bonds. The third kappa shape index (κ3) is 2.51. The lowest BCUT2D eigenvalue weighted by atomic mass is 10.2. The van der Waals surface area contributed by atoms with Gasteiger partial charge in [0.05, 0.1) is 22.4 Å². The van der Waals surface area contributed by atoms with Crippen molar-refractivity contribution in [3.8, 4) is 0 Å². The van der Waals surface area contributed by atoms with Gasteiger partial charge in [0.15, 0.2) is 0 Å². The molecule has 0 atom stereocenters. The number of benzene rings is 1. The minimum absolute atomic E-state index is 0.364. The van der Waals surface area contributed by atoms with Crippen LogP contribution in [0.3, 0.4) is 0 Å². The van der Waals surface area contributed by atoms with Crippen molar-refractivity contribution in [3.63, 3.8) is 0 Å². The average molecular weight is 302 g/mol. The van der Waals surface area contributed by atoms with Crippen molar-refractivity contribution in [2.45, 2.75) is 6.54 Å². The van der Waals surface area contributed by atoms with Crippen LogP contribution in [0.4, 0.5) is 15.8 Å². The lowest BCUT2D eigenvalue weighted by Crippen LogP contribution is -2.02. The zero-order valence-corrected chi connectivity index (χ0v) is 10.6. The van der Waals surface area contributed by atoms with Crippen LogP contribution in [0.25, 0.3) is 0 Å². The second-order valence-electron chi connectivity index (χ2n) is 3.13. The Bertz CT molecular complexity index is 487. The smallest absolute Gasteiger partial charge is 0.139 e. The van der Waals surface area contributed by atoms with E-state index in [2.05, 4.69) is 26.2 Å². The molecule has 2 aromatic rings. The summed E-state index contributed by atoms with van der Waals surface area (Å²) in [7, 11) is 0. The number of aromatic nitrogens is 1. The lowest BCUT2D eigenvalue weighted by Gasteiger charge is -2.08. The maximum absolute atomic E-state index is 13.1. The molecule has 0 spiro atoms. The van der Waals surface area contributed by atoms with Crippen molar-refractivity contribution in [1.29, 1.82) is 0 Å². The van der Waals surface area contributed by atoms with Gasteiger partial charge in [-0.15, -0.1) is 11.3 Å². The molecular weight excluding hydrogens is 293 g/mol. The largest absolute Gasteiger partial charge is 0.397 e. The Morgan fingerprint density at radius 2 is 2.31 bits per heavy atom. The van der Waals surface area contributed by atoms with Gasteiger partial charge in [-0.3, -0.25) is 0 Å². The highest BCUT2D eigenvalue weighted by Crippen LogP contribution is 2.27. The summed E-state index contributed by atoms with van der Waals surface area (Å²) in [6.07, 6.45) is 1.74. The molecule has 0 fully saturated rings. The molecule has 0 aliphatic carbocycles. The van der Waals surface area contributed by atoms with Gasteiger partial charge in [-0.05, 0) is 22.0 Å². The molecule has 0 radical (unpaired) electrons. The summed E-state index contributed by atoms with van der Waals surface area (Å²) >= 11 is 4.67. The van der Waals surface area contributed by atoms with Crippen molar-refractivity contribution in [2.75, 3.05) is 11.1 Å². The number of nitrogens with two attached hydrogens (primary N) is 1. The van der Waals surface area contributed by atoms with Gasteiger partial charge in [0.25, 0.3) is 0 Å². The van der Waals surface area contributed by atoms with Gasteiger partial charge < -0.3 is 11.1 Å². The maximum atomic E-state index is 13.1. The summed E-state index contributed by atoms with van der Waals surface area (Å²) < 4.78 is 13.5. The van der Waals surface area contributed by atoms with Crippen LogP contribution in [0.15, 0.2) is 28.2 Å². The number of nitrogen functional groups attached to an aromatic ring is 1. The van der Waals surface area contributed by atoms with Crippen LogP contribution in [0, 0.1) is 5.82 Å². The molecular formula is C10H9BrFN3S. The van der Waals surface area contributed by atoms with Crippen molar-refractivity contribution in [2.24, 2.45) is 0 Å². The number of rotatable bonds is 3. The summed E-state index contributed by atoms with van der Waals surface area (Å²) in [5.41, 5.74) is 6.77. The molecule has 0 aliphatic heterocycles. The summed E-state index contributed by atoms with van der Waals surface area (Å²) in [6.45, 7) is 0.583. The predicted molar refractivity (Wildman–Crippen MR) is 68.0 cm³/mol. The fraction of sp³-hybridized carbons (Fsp3) is 0.100. The molecule has 3 N–H and O–H groups in total. The van der Waals surface area contributed by atoms with Gasteiger partial charge in [0.2, 0.25) is 0 Å². The quantitative estimate of drug-likeness (QED) is 0.856. The number of hydrogen-bond donors (Lipinski definition) is 2. The molecule has 2 rings (SSSR count). The SMILES string of the molecule is Nc1cc(F)c(Br)cc1NCc1nccs1. The highest BCUT2D eigenvalue weighted by molar-refractivity contribution is 9.10. The zero-order valence-electron chi connectivity index (χ0n) is 8.21.